The summed E-state index contributed by atoms with van der Waals surface area (Å²) in [5, 5.41) is 13.9. The van der Waals surface area contributed by atoms with Crippen LogP contribution in [-0.4, -0.2) is 18.2 Å². The first-order valence-electron chi connectivity index (χ1n) is 5.96. The zero-order valence-electron chi connectivity index (χ0n) is 9.84. The highest BCUT2D eigenvalue weighted by Gasteiger charge is 2.41. The number of rotatable bonds is 2. The van der Waals surface area contributed by atoms with Crippen molar-refractivity contribution >= 4 is 0 Å². The van der Waals surface area contributed by atoms with Crippen LogP contribution >= 0.6 is 0 Å². The maximum absolute atomic E-state index is 13.8. The van der Waals surface area contributed by atoms with Crippen LogP contribution in [0.5, 0.6) is 0 Å². The average molecular weight is 241 g/mol. The molecule has 0 aliphatic carbocycles. The molecule has 2 nitrogen and oxygen atoms in total. The van der Waals surface area contributed by atoms with E-state index in [1.807, 2.05) is 6.92 Å². The summed E-state index contributed by atoms with van der Waals surface area (Å²) in [6.07, 6.45) is 1.20. The third-order valence-corrected chi connectivity index (χ3v) is 3.64. The van der Waals surface area contributed by atoms with Gasteiger partial charge in [-0.15, -0.1) is 0 Å². The Labute approximate surface area is 99.7 Å². The quantitative estimate of drug-likeness (QED) is 0.831. The van der Waals surface area contributed by atoms with Crippen molar-refractivity contribution in [2.45, 2.75) is 25.4 Å². The van der Waals surface area contributed by atoms with E-state index in [2.05, 4.69) is 5.32 Å². The minimum absolute atomic E-state index is 0.0452. The van der Waals surface area contributed by atoms with E-state index in [0.29, 0.717) is 19.5 Å². The fourth-order valence-corrected chi connectivity index (χ4v) is 2.61. The number of piperidine rings is 1. The smallest absolute Gasteiger partial charge is 0.132 e. The van der Waals surface area contributed by atoms with Gasteiger partial charge in [-0.05, 0) is 25.5 Å². The molecule has 1 aromatic carbocycles. The Hall–Kier alpha value is -1.00. The first-order chi connectivity index (χ1) is 8.08. The topological polar surface area (TPSA) is 32.3 Å². The Kier molecular flexibility index (Phi) is 3.45. The number of hydrogen-bond acceptors (Lipinski definition) is 2. The van der Waals surface area contributed by atoms with Gasteiger partial charge >= 0.3 is 0 Å². The fourth-order valence-electron chi connectivity index (χ4n) is 2.61. The summed E-state index contributed by atoms with van der Waals surface area (Å²) in [5.41, 5.74) is -0.968. The van der Waals surface area contributed by atoms with Gasteiger partial charge in [-0.3, -0.25) is 0 Å². The molecule has 0 spiro atoms. The van der Waals surface area contributed by atoms with Crippen LogP contribution in [0.4, 0.5) is 8.78 Å². The van der Waals surface area contributed by atoms with Gasteiger partial charge in [0.1, 0.15) is 11.6 Å². The van der Waals surface area contributed by atoms with Gasteiger partial charge < -0.3 is 10.4 Å². The number of halogens is 2. The maximum Gasteiger partial charge on any atom is 0.132 e. The zero-order chi connectivity index (χ0) is 12.5. The van der Waals surface area contributed by atoms with Crippen LogP contribution in [0, 0.1) is 17.6 Å². The molecular weight excluding hydrogens is 224 g/mol. The lowest BCUT2D eigenvalue weighted by Crippen LogP contribution is -2.48. The van der Waals surface area contributed by atoms with Crippen molar-refractivity contribution in [2.75, 3.05) is 13.1 Å². The summed E-state index contributed by atoms with van der Waals surface area (Å²) in [6.45, 7) is 3.26. The second-order valence-corrected chi connectivity index (χ2v) is 4.61. The van der Waals surface area contributed by atoms with E-state index in [9.17, 15) is 13.9 Å². The predicted octanol–water partition coefficient (Wildman–Crippen LogP) is 2.17. The maximum atomic E-state index is 13.8. The van der Waals surface area contributed by atoms with Crippen molar-refractivity contribution < 1.29 is 13.9 Å². The SMILES string of the molecule is CCC1CNCCC1(O)c1ccc(F)cc1F. The summed E-state index contributed by atoms with van der Waals surface area (Å²) < 4.78 is 26.7. The van der Waals surface area contributed by atoms with E-state index in [0.717, 1.165) is 12.5 Å². The minimum Gasteiger partial charge on any atom is -0.385 e. The number of hydrogen-bond donors (Lipinski definition) is 2. The van der Waals surface area contributed by atoms with Crippen molar-refractivity contribution in [2.24, 2.45) is 5.92 Å². The van der Waals surface area contributed by atoms with Gasteiger partial charge in [0, 0.05) is 24.1 Å². The number of aliphatic hydroxyl groups is 1. The molecule has 1 fully saturated rings. The van der Waals surface area contributed by atoms with Gasteiger partial charge in [-0.1, -0.05) is 13.0 Å². The molecule has 1 aromatic rings. The van der Waals surface area contributed by atoms with Crippen LogP contribution in [0.15, 0.2) is 18.2 Å². The molecule has 1 saturated heterocycles. The van der Waals surface area contributed by atoms with Crippen molar-refractivity contribution in [1.82, 2.24) is 5.32 Å². The second-order valence-electron chi connectivity index (χ2n) is 4.61. The molecule has 2 unspecified atom stereocenters. The normalized spacial score (nSPS) is 29.3. The molecule has 0 amide bonds. The van der Waals surface area contributed by atoms with E-state index in [1.165, 1.54) is 12.1 Å². The molecule has 0 bridgehead atoms. The lowest BCUT2D eigenvalue weighted by Gasteiger charge is -2.40. The Morgan fingerprint density at radius 2 is 2.24 bits per heavy atom. The van der Waals surface area contributed by atoms with Gasteiger partial charge in [0.05, 0.1) is 5.60 Å². The first-order valence-corrected chi connectivity index (χ1v) is 5.96. The highest BCUT2D eigenvalue weighted by atomic mass is 19.1. The van der Waals surface area contributed by atoms with E-state index in [1.54, 1.807) is 0 Å². The molecule has 1 aliphatic rings. The second kappa shape index (κ2) is 4.70. The molecule has 4 heteroatoms. The summed E-state index contributed by atoms with van der Waals surface area (Å²) in [5.74, 6) is -1.32. The van der Waals surface area contributed by atoms with Crippen molar-refractivity contribution in [3.05, 3.63) is 35.4 Å². The monoisotopic (exact) mass is 241 g/mol. The van der Waals surface area contributed by atoms with Crippen LogP contribution in [0.1, 0.15) is 25.3 Å². The third kappa shape index (κ3) is 2.19. The first kappa shape index (κ1) is 12.5. The molecule has 1 heterocycles. The van der Waals surface area contributed by atoms with Crippen molar-refractivity contribution in [3.8, 4) is 0 Å². The van der Waals surface area contributed by atoms with Crippen LogP contribution < -0.4 is 5.32 Å². The number of nitrogens with one attached hydrogen (secondary N) is 1. The number of benzene rings is 1. The van der Waals surface area contributed by atoms with Gasteiger partial charge in [0.15, 0.2) is 0 Å². The summed E-state index contributed by atoms with van der Waals surface area (Å²) in [6, 6.07) is 3.39. The Balaban J connectivity index is 2.41. The molecule has 0 saturated carbocycles. The Bertz CT molecular complexity index is 410. The van der Waals surface area contributed by atoms with E-state index >= 15 is 0 Å². The summed E-state index contributed by atoms with van der Waals surface area (Å²) in [4.78, 5) is 0. The van der Waals surface area contributed by atoms with E-state index in [-0.39, 0.29) is 11.5 Å². The van der Waals surface area contributed by atoms with Crippen LogP contribution in [0.25, 0.3) is 0 Å². The van der Waals surface area contributed by atoms with Gasteiger partial charge in [0.2, 0.25) is 0 Å². The van der Waals surface area contributed by atoms with Crippen LogP contribution in [0.2, 0.25) is 0 Å². The molecule has 17 heavy (non-hydrogen) atoms. The van der Waals surface area contributed by atoms with Crippen LogP contribution in [-0.2, 0) is 5.60 Å². The lowest BCUT2D eigenvalue weighted by molar-refractivity contribution is -0.0505. The Morgan fingerprint density at radius 3 is 2.88 bits per heavy atom. The van der Waals surface area contributed by atoms with Gasteiger partial charge in [-0.2, -0.15) is 0 Å². The molecule has 1 aliphatic heterocycles. The molecular formula is C13H17F2NO. The molecule has 94 valence electrons. The van der Waals surface area contributed by atoms with Gasteiger partial charge in [-0.25, -0.2) is 8.78 Å². The Morgan fingerprint density at radius 1 is 1.47 bits per heavy atom. The van der Waals surface area contributed by atoms with E-state index in [4.69, 9.17) is 0 Å². The van der Waals surface area contributed by atoms with Gasteiger partial charge in [0.25, 0.3) is 0 Å². The highest BCUT2D eigenvalue weighted by molar-refractivity contribution is 5.27. The molecule has 2 rings (SSSR count). The summed E-state index contributed by atoms with van der Waals surface area (Å²) >= 11 is 0. The average Bonchev–Trinajstić information content (AvgIpc) is 2.29. The van der Waals surface area contributed by atoms with Crippen LogP contribution in [0.3, 0.4) is 0 Å². The van der Waals surface area contributed by atoms with Crippen molar-refractivity contribution in [3.63, 3.8) is 0 Å². The van der Waals surface area contributed by atoms with Crippen molar-refractivity contribution in [1.29, 1.82) is 0 Å². The molecule has 0 aromatic heterocycles. The standard InChI is InChI=1S/C13H17F2NO/c1-2-9-8-16-6-5-13(9,17)11-4-3-10(14)7-12(11)15/h3-4,7,9,16-17H,2,5-6,8H2,1H3. The molecule has 2 atom stereocenters. The predicted molar refractivity (Wildman–Crippen MR) is 61.5 cm³/mol. The fraction of sp³-hybridized carbons (Fsp3) is 0.538. The molecule has 2 N–H and O–H groups in total. The van der Waals surface area contributed by atoms with E-state index < -0.39 is 17.2 Å². The highest BCUT2D eigenvalue weighted by Crippen LogP contribution is 2.38. The molecule has 0 radical (unpaired) electrons. The third-order valence-electron chi connectivity index (χ3n) is 3.64. The zero-order valence-corrected chi connectivity index (χ0v) is 9.84. The largest absolute Gasteiger partial charge is 0.385 e. The minimum atomic E-state index is -1.18. The lowest BCUT2D eigenvalue weighted by atomic mass is 9.75. The summed E-state index contributed by atoms with van der Waals surface area (Å²) in [7, 11) is 0.